The number of carbonyl (C=O) groups excluding carboxylic acids is 2. The molecular weight excluding hydrogens is 336 g/mol. The van der Waals surface area contributed by atoms with Gasteiger partial charge in [-0.3, -0.25) is 18.8 Å². The SMILES string of the molecule is O=C(Nc1cnc2ccc(C(=O)N3CCCC3)cn2c1=O)c1ccco1. The van der Waals surface area contributed by atoms with Crippen LogP contribution in [0.3, 0.4) is 0 Å². The van der Waals surface area contributed by atoms with E-state index in [9.17, 15) is 14.4 Å². The molecular formula is C18H16N4O4. The third-order valence-corrected chi connectivity index (χ3v) is 4.34. The van der Waals surface area contributed by atoms with E-state index >= 15 is 0 Å². The molecule has 0 radical (unpaired) electrons. The van der Waals surface area contributed by atoms with Crippen LogP contribution in [0.5, 0.6) is 0 Å². The molecule has 0 aromatic carbocycles. The van der Waals surface area contributed by atoms with Crippen molar-refractivity contribution in [3.05, 3.63) is 64.6 Å². The van der Waals surface area contributed by atoms with E-state index in [0.29, 0.717) is 11.2 Å². The monoisotopic (exact) mass is 352 g/mol. The van der Waals surface area contributed by atoms with Crippen molar-refractivity contribution in [2.75, 3.05) is 18.4 Å². The highest BCUT2D eigenvalue weighted by atomic mass is 16.3. The van der Waals surface area contributed by atoms with Gasteiger partial charge in [0, 0.05) is 19.3 Å². The first-order chi connectivity index (χ1) is 12.6. The maximum atomic E-state index is 12.7. The van der Waals surface area contributed by atoms with E-state index in [0.717, 1.165) is 25.9 Å². The fourth-order valence-corrected chi connectivity index (χ4v) is 2.98. The number of aromatic nitrogens is 2. The van der Waals surface area contributed by atoms with Crippen molar-refractivity contribution < 1.29 is 14.0 Å². The van der Waals surface area contributed by atoms with Gasteiger partial charge >= 0.3 is 0 Å². The van der Waals surface area contributed by atoms with Crippen LogP contribution in [0.1, 0.15) is 33.8 Å². The Morgan fingerprint density at radius 2 is 1.96 bits per heavy atom. The van der Waals surface area contributed by atoms with Crippen LogP contribution < -0.4 is 10.9 Å². The Morgan fingerprint density at radius 3 is 2.69 bits per heavy atom. The lowest BCUT2D eigenvalue weighted by Crippen LogP contribution is -2.29. The number of pyridine rings is 1. The summed E-state index contributed by atoms with van der Waals surface area (Å²) in [6, 6.07) is 6.34. The molecule has 4 rings (SSSR count). The molecule has 132 valence electrons. The normalized spacial score (nSPS) is 13.9. The minimum atomic E-state index is -0.543. The van der Waals surface area contributed by atoms with Crippen LogP contribution in [0.2, 0.25) is 0 Å². The molecule has 26 heavy (non-hydrogen) atoms. The molecule has 1 aliphatic heterocycles. The topological polar surface area (TPSA) is 96.9 Å². The Bertz CT molecular complexity index is 1030. The summed E-state index contributed by atoms with van der Waals surface area (Å²) in [6.45, 7) is 1.45. The zero-order valence-electron chi connectivity index (χ0n) is 13.8. The number of fused-ring (bicyclic) bond motifs is 1. The number of nitrogens with one attached hydrogen (secondary N) is 1. The molecule has 1 saturated heterocycles. The Labute approximate surface area is 148 Å². The summed E-state index contributed by atoms with van der Waals surface area (Å²) in [5.41, 5.74) is 0.349. The minimum absolute atomic E-state index is 0.00896. The lowest BCUT2D eigenvalue weighted by molar-refractivity contribution is 0.0792. The Morgan fingerprint density at radius 1 is 1.15 bits per heavy atom. The van der Waals surface area contributed by atoms with Gasteiger partial charge in [0.2, 0.25) is 0 Å². The molecule has 0 saturated carbocycles. The molecule has 2 amide bonds. The lowest BCUT2D eigenvalue weighted by Gasteiger charge is -2.15. The van der Waals surface area contributed by atoms with Crippen LogP contribution in [-0.4, -0.2) is 39.2 Å². The van der Waals surface area contributed by atoms with E-state index in [1.807, 2.05) is 0 Å². The zero-order valence-corrected chi connectivity index (χ0v) is 13.8. The highest BCUT2D eigenvalue weighted by Gasteiger charge is 2.20. The average molecular weight is 352 g/mol. The second-order valence-electron chi connectivity index (χ2n) is 6.05. The second kappa shape index (κ2) is 6.47. The fourth-order valence-electron chi connectivity index (χ4n) is 2.98. The van der Waals surface area contributed by atoms with Gasteiger partial charge in [-0.15, -0.1) is 0 Å². The Balaban J connectivity index is 1.68. The molecule has 8 heteroatoms. The van der Waals surface area contributed by atoms with Crippen molar-refractivity contribution in [1.29, 1.82) is 0 Å². The number of likely N-dealkylation sites (tertiary alicyclic amines) is 1. The summed E-state index contributed by atoms with van der Waals surface area (Å²) >= 11 is 0. The van der Waals surface area contributed by atoms with Gasteiger partial charge in [0.15, 0.2) is 5.76 Å². The van der Waals surface area contributed by atoms with Crippen LogP contribution in [0.4, 0.5) is 5.69 Å². The summed E-state index contributed by atoms with van der Waals surface area (Å²) in [6.07, 6.45) is 6.11. The third kappa shape index (κ3) is 2.85. The molecule has 4 heterocycles. The van der Waals surface area contributed by atoms with Crippen molar-refractivity contribution in [2.45, 2.75) is 12.8 Å². The average Bonchev–Trinajstić information content (AvgIpc) is 3.37. The number of nitrogens with zero attached hydrogens (tertiary/aromatic N) is 3. The number of rotatable bonds is 3. The van der Waals surface area contributed by atoms with Gasteiger partial charge in [-0.1, -0.05) is 0 Å². The second-order valence-corrected chi connectivity index (χ2v) is 6.05. The molecule has 0 atom stereocenters. The van der Waals surface area contributed by atoms with E-state index in [1.165, 1.54) is 29.1 Å². The number of carbonyl (C=O) groups is 2. The largest absolute Gasteiger partial charge is 0.459 e. The third-order valence-electron chi connectivity index (χ3n) is 4.34. The van der Waals surface area contributed by atoms with Crippen molar-refractivity contribution in [2.24, 2.45) is 0 Å². The van der Waals surface area contributed by atoms with E-state index < -0.39 is 11.5 Å². The van der Waals surface area contributed by atoms with Gasteiger partial charge in [-0.25, -0.2) is 4.98 Å². The van der Waals surface area contributed by atoms with E-state index in [4.69, 9.17) is 4.42 Å². The molecule has 3 aromatic heterocycles. The molecule has 0 spiro atoms. The first-order valence-corrected chi connectivity index (χ1v) is 8.29. The number of furan rings is 1. The van der Waals surface area contributed by atoms with Crippen molar-refractivity contribution in [3.63, 3.8) is 0 Å². The number of hydrogen-bond acceptors (Lipinski definition) is 5. The Hall–Kier alpha value is -3.42. The summed E-state index contributed by atoms with van der Waals surface area (Å²) in [7, 11) is 0. The van der Waals surface area contributed by atoms with Gasteiger partial charge in [0.1, 0.15) is 11.3 Å². The number of amides is 2. The maximum absolute atomic E-state index is 12.7. The highest BCUT2D eigenvalue weighted by molar-refractivity contribution is 6.02. The highest BCUT2D eigenvalue weighted by Crippen LogP contribution is 2.14. The van der Waals surface area contributed by atoms with Gasteiger partial charge in [-0.2, -0.15) is 0 Å². The summed E-state index contributed by atoms with van der Waals surface area (Å²) in [4.78, 5) is 43.2. The molecule has 0 unspecified atom stereocenters. The summed E-state index contributed by atoms with van der Waals surface area (Å²) in [5.74, 6) is -0.563. The van der Waals surface area contributed by atoms with Gasteiger partial charge in [0.25, 0.3) is 17.4 Å². The maximum Gasteiger partial charge on any atom is 0.291 e. The number of anilines is 1. The van der Waals surface area contributed by atoms with Crippen molar-refractivity contribution in [1.82, 2.24) is 14.3 Å². The first-order valence-electron chi connectivity index (χ1n) is 8.29. The minimum Gasteiger partial charge on any atom is -0.459 e. The van der Waals surface area contributed by atoms with E-state index in [2.05, 4.69) is 10.3 Å². The van der Waals surface area contributed by atoms with Gasteiger partial charge in [-0.05, 0) is 37.1 Å². The predicted molar refractivity (Wildman–Crippen MR) is 93.3 cm³/mol. The molecule has 1 aliphatic rings. The molecule has 0 bridgehead atoms. The van der Waals surface area contributed by atoms with E-state index in [1.54, 1.807) is 23.1 Å². The summed E-state index contributed by atoms with van der Waals surface area (Å²) < 4.78 is 6.28. The fraction of sp³-hybridized carbons (Fsp3) is 0.222. The van der Waals surface area contributed by atoms with Crippen molar-refractivity contribution >= 4 is 23.1 Å². The zero-order chi connectivity index (χ0) is 18.1. The molecule has 8 nitrogen and oxygen atoms in total. The van der Waals surface area contributed by atoms with Crippen LogP contribution in [0.15, 0.2) is 52.1 Å². The van der Waals surface area contributed by atoms with Gasteiger partial charge in [0.05, 0.1) is 18.0 Å². The van der Waals surface area contributed by atoms with Crippen LogP contribution >= 0.6 is 0 Å². The molecule has 3 aromatic rings. The quantitative estimate of drug-likeness (QED) is 0.775. The smallest absolute Gasteiger partial charge is 0.291 e. The molecule has 1 fully saturated rings. The van der Waals surface area contributed by atoms with Crippen LogP contribution in [0.25, 0.3) is 5.65 Å². The summed E-state index contributed by atoms with van der Waals surface area (Å²) in [5, 5.41) is 2.48. The molecule has 0 aliphatic carbocycles. The van der Waals surface area contributed by atoms with Crippen molar-refractivity contribution in [3.8, 4) is 0 Å². The van der Waals surface area contributed by atoms with Crippen LogP contribution in [0, 0.1) is 0 Å². The standard InChI is InChI=1S/C18H16N4O4/c23-16(14-4-3-9-26-14)20-13-10-19-15-6-5-12(11-22(15)18(13)25)17(24)21-7-1-2-8-21/h3-6,9-11H,1-2,7-8H2,(H,20,23). The van der Waals surface area contributed by atoms with Gasteiger partial charge < -0.3 is 14.6 Å². The first kappa shape index (κ1) is 16.1. The lowest BCUT2D eigenvalue weighted by atomic mass is 10.2. The van der Waals surface area contributed by atoms with E-state index in [-0.39, 0.29) is 17.4 Å². The van der Waals surface area contributed by atoms with Crippen LogP contribution in [-0.2, 0) is 0 Å². The predicted octanol–water partition coefficient (Wildman–Crippen LogP) is 1.78. The Kier molecular flexibility index (Phi) is 4.00. The number of hydrogen-bond donors (Lipinski definition) is 1. The molecule has 1 N–H and O–H groups in total.